The Kier molecular flexibility index (Phi) is 3.29. The number of hydrogen-bond donors (Lipinski definition) is 2. The molecule has 108 valence electrons. The first-order valence-electron chi connectivity index (χ1n) is 7.11. The van der Waals surface area contributed by atoms with E-state index in [1.165, 1.54) is 5.56 Å². The maximum absolute atomic E-state index is 11.8. The van der Waals surface area contributed by atoms with Crippen LogP contribution < -0.4 is 16.4 Å². The molecule has 3 rings (SSSR count). The first-order chi connectivity index (χ1) is 10.1. The summed E-state index contributed by atoms with van der Waals surface area (Å²) in [6.45, 7) is 3.03. The molecule has 0 spiro atoms. The summed E-state index contributed by atoms with van der Waals surface area (Å²) in [5, 5.41) is 0. The van der Waals surface area contributed by atoms with E-state index in [1.54, 1.807) is 12.1 Å². The molecule has 4 N–H and O–H groups in total. The van der Waals surface area contributed by atoms with Crippen molar-refractivity contribution in [2.45, 2.75) is 13.3 Å². The predicted molar refractivity (Wildman–Crippen MR) is 85.7 cm³/mol. The lowest BCUT2D eigenvalue weighted by molar-refractivity contribution is 0.100. The maximum atomic E-state index is 11.8. The third-order valence-corrected chi connectivity index (χ3v) is 3.95. The Labute approximate surface area is 124 Å². The molecular formula is C17H19N3O. The van der Waals surface area contributed by atoms with Crippen LogP contribution in [0, 0.1) is 5.92 Å². The van der Waals surface area contributed by atoms with Crippen LogP contribution in [0.2, 0.25) is 0 Å². The van der Waals surface area contributed by atoms with Gasteiger partial charge in [0.05, 0.1) is 16.9 Å². The maximum Gasteiger partial charge on any atom is 0.250 e. The zero-order valence-corrected chi connectivity index (χ0v) is 12.0. The molecule has 0 aromatic heterocycles. The van der Waals surface area contributed by atoms with Gasteiger partial charge in [0.2, 0.25) is 0 Å². The minimum absolute atomic E-state index is 0.451. The Morgan fingerprint density at radius 3 is 2.71 bits per heavy atom. The molecule has 2 aromatic carbocycles. The van der Waals surface area contributed by atoms with E-state index in [0.717, 1.165) is 24.3 Å². The van der Waals surface area contributed by atoms with Gasteiger partial charge >= 0.3 is 0 Å². The van der Waals surface area contributed by atoms with E-state index in [1.807, 2.05) is 18.2 Å². The van der Waals surface area contributed by atoms with Gasteiger partial charge in [0.1, 0.15) is 0 Å². The zero-order valence-electron chi connectivity index (χ0n) is 12.0. The van der Waals surface area contributed by atoms with Crippen molar-refractivity contribution in [1.29, 1.82) is 0 Å². The Morgan fingerprint density at radius 2 is 1.95 bits per heavy atom. The summed E-state index contributed by atoms with van der Waals surface area (Å²) in [5.41, 5.74) is 15.8. The second kappa shape index (κ2) is 5.13. The largest absolute Gasteiger partial charge is 0.397 e. The molecular weight excluding hydrogens is 262 g/mol. The summed E-state index contributed by atoms with van der Waals surface area (Å²) >= 11 is 0. The summed E-state index contributed by atoms with van der Waals surface area (Å²) in [4.78, 5) is 13.9. The van der Waals surface area contributed by atoms with Crippen molar-refractivity contribution in [2.24, 2.45) is 11.7 Å². The van der Waals surface area contributed by atoms with Gasteiger partial charge in [-0.05, 0) is 36.1 Å². The third kappa shape index (κ3) is 2.33. The van der Waals surface area contributed by atoms with Crippen molar-refractivity contribution >= 4 is 23.0 Å². The van der Waals surface area contributed by atoms with Gasteiger partial charge in [0.15, 0.2) is 0 Å². The molecule has 0 radical (unpaired) electrons. The molecule has 0 fully saturated rings. The lowest BCUT2D eigenvalue weighted by atomic mass is 9.92. The van der Waals surface area contributed by atoms with Crippen LogP contribution >= 0.6 is 0 Å². The number of benzene rings is 2. The molecule has 2 aromatic rings. The minimum atomic E-state index is -0.451. The summed E-state index contributed by atoms with van der Waals surface area (Å²) in [5.74, 6) is 0.0354. The number of fused-ring (bicyclic) bond motifs is 1. The second-order valence-corrected chi connectivity index (χ2v) is 5.66. The highest BCUT2D eigenvalue weighted by Crippen LogP contribution is 2.39. The first-order valence-corrected chi connectivity index (χ1v) is 7.11. The molecule has 0 saturated heterocycles. The van der Waals surface area contributed by atoms with Gasteiger partial charge in [-0.2, -0.15) is 0 Å². The molecule has 4 nitrogen and oxygen atoms in total. The van der Waals surface area contributed by atoms with Crippen molar-refractivity contribution in [3.8, 4) is 0 Å². The topological polar surface area (TPSA) is 72.3 Å². The van der Waals surface area contributed by atoms with Crippen molar-refractivity contribution in [2.75, 3.05) is 17.2 Å². The molecule has 1 atom stereocenters. The summed E-state index contributed by atoms with van der Waals surface area (Å²) in [7, 11) is 0. The number of nitrogen functional groups attached to an aromatic ring is 1. The molecule has 4 heteroatoms. The number of rotatable bonds is 2. The van der Waals surface area contributed by atoms with Crippen LogP contribution in [-0.4, -0.2) is 12.5 Å². The number of para-hydroxylation sites is 2. The van der Waals surface area contributed by atoms with Gasteiger partial charge in [-0.25, -0.2) is 0 Å². The molecule has 1 heterocycles. The average molecular weight is 281 g/mol. The highest BCUT2D eigenvalue weighted by atomic mass is 16.1. The normalized spacial score (nSPS) is 17.4. The van der Waals surface area contributed by atoms with Crippen LogP contribution in [-0.2, 0) is 6.42 Å². The highest BCUT2D eigenvalue weighted by molar-refractivity contribution is 6.02. The number of amides is 1. The summed E-state index contributed by atoms with van der Waals surface area (Å²) in [6, 6.07) is 13.5. The molecule has 1 aliphatic rings. The van der Waals surface area contributed by atoms with Crippen molar-refractivity contribution < 1.29 is 4.79 Å². The fourth-order valence-corrected chi connectivity index (χ4v) is 3.07. The Bertz CT molecular complexity index is 696. The predicted octanol–water partition coefficient (Wildman–Crippen LogP) is 2.70. The monoisotopic (exact) mass is 281 g/mol. The van der Waals surface area contributed by atoms with E-state index in [0.29, 0.717) is 17.2 Å². The number of primary amides is 1. The molecule has 0 bridgehead atoms. The van der Waals surface area contributed by atoms with Crippen molar-refractivity contribution in [3.63, 3.8) is 0 Å². The minimum Gasteiger partial charge on any atom is -0.397 e. The smallest absolute Gasteiger partial charge is 0.250 e. The summed E-state index contributed by atoms with van der Waals surface area (Å²) in [6.07, 6.45) is 1.03. The van der Waals surface area contributed by atoms with Crippen LogP contribution in [0.5, 0.6) is 0 Å². The van der Waals surface area contributed by atoms with Crippen molar-refractivity contribution in [3.05, 3.63) is 53.6 Å². The molecule has 1 unspecified atom stereocenters. The number of carbonyl (C=O) groups is 1. The Hall–Kier alpha value is -2.49. The molecule has 1 amide bonds. The van der Waals surface area contributed by atoms with E-state index < -0.39 is 5.91 Å². The standard InChI is InChI=1S/C17H19N3O/c1-11-9-12-5-2-3-8-15(12)20(10-11)16-13(17(19)21)6-4-7-14(16)18/h2-8,11H,9-10,18H2,1H3,(H2,19,21). The summed E-state index contributed by atoms with van der Waals surface area (Å²) < 4.78 is 0. The molecule has 0 aliphatic carbocycles. The van der Waals surface area contributed by atoms with E-state index in [2.05, 4.69) is 24.0 Å². The number of nitrogens with two attached hydrogens (primary N) is 2. The number of hydrogen-bond acceptors (Lipinski definition) is 3. The fraction of sp³-hybridized carbons (Fsp3) is 0.235. The quantitative estimate of drug-likeness (QED) is 0.831. The highest BCUT2D eigenvalue weighted by Gasteiger charge is 2.26. The molecule has 0 saturated carbocycles. The number of anilines is 3. The lowest BCUT2D eigenvalue weighted by Gasteiger charge is -2.36. The third-order valence-electron chi connectivity index (χ3n) is 3.95. The number of carbonyl (C=O) groups excluding carboxylic acids is 1. The Balaban J connectivity index is 2.20. The SMILES string of the molecule is CC1Cc2ccccc2N(c2c(N)cccc2C(N)=O)C1. The lowest BCUT2D eigenvalue weighted by Crippen LogP contribution is -2.32. The van der Waals surface area contributed by atoms with E-state index in [-0.39, 0.29) is 0 Å². The van der Waals surface area contributed by atoms with E-state index >= 15 is 0 Å². The number of nitrogens with zero attached hydrogens (tertiary/aromatic N) is 1. The van der Waals surface area contributed by atoms with Gasteiger partial charge in [-0.1, -0.05) is 31.2 Å². The van der Waals surface area contributed by atoms with Crippen LogP contribution in [0.4, 0.5) is 17.1 Å². The molecule has 21 heavy (non-hydrogen) atoms. The van der Waals surface area contributed by atoms with Crippen LogP contribution in [0.1, 0.15) is 22.8 Å². The average Bonchev–Trinajstić information content (AvgIpc) is 2.46. The van der Waals surface area contributed by atoms with Crippen LogP contribution in [0.15, 0.2) is 42.5 Å². The Morgan fingerprint density at radius 1 is 1.19 bits per heavy atom. The van der Waals surface area contributed by atoms with Crippen LogP contribution in [0.3, 0.4) is 0 Å². The first kappa shape index (κ1) is 13.5. The van der Waals surface area contributed by atoms with E-state index in [4.69, 9.17) is 11.5 Å². The van der Waals surface area contributed by atoms with E-state index in [9.17, 15) is 4.79 Å². The zero-order chi connectivity index (χ0) is 15.0. The van der Waals surface area contributed by atoms with Crippen LogP contribution in [0.25, 0.3) is 0 Å². The second-order valence-electron chi connectivity index (χ2n) is 5.66. The van der Waals surface area contributed by atoms with Gasteiger partial charge in [-0.3, -0.25) is 4.79 Å². The van der Waals surface area contributed by atoms with Gasteiger partial charge in [-0.15, -0.1) is 0 Å². The van der Waals surface area contributed by atoms with Gasteiger partial charge in [0.25, 0.3) is 5.91 Å². The van der Waals surface area contributed by atoms with Crippen molar-refractivity contribution in [1.82, 2.24) is 0 Å². The van der Waals surface area contributed by atoms with Gasteiger partial charge < -0.3 is 16.4 Å². The van der Waals surface area contributed by atoms with Gasteiger partial charge in [0, 0.05) is 12.2 Å². The fourth-order valence-electron chi connectivity index (χ4n) is 3.07. The molecule has 1 aliphatic heterocycles.